The molecule has 0 N–H and O–H groups in total. The monoisotopic (exact) mass is 172 g/mol. The summed E-state index contributed by atoms with van der Waals surface area (Å²) < 4.78 is 0. The van der Waals surface area contributed by atoms with Crippen LogP contribution in [0.1, 0.15) is 13.3 Å². The van der Waals surface area contributed by atoms with Crippen molar-refractivity contribution in [2.75, 3.05) is 25.9 Å². The van der Waals surface area contributed by atoms with Gasteiger partial charge in [-0.2, -0.15) is 17.9 Å². The van der Waals surface area contributed by atoms with Crippen LogP contribution in [0.25, 0.3) is 0 Å². The van der Waals surface area contributed by atoms with Crippen molar-refractivity contribution in [1.82, 2.24) is 4.90 Å². The largest absolute Gasteiger partial charge is 0.305 e. The molecule has 0 aromatic heterocycles. The molecule has 0 heterocycles. The topological polar surface area (TPSA) is 27.0 Å². The molecule has 0 fully saturated rings. The first-order chi connectivity index (χ1) is 5.20. The van der Waals surface area contributed by atoms with Crippen LogP contribution in [-0.4, -0.2) is 30.8 Å². The fourth-order valence-corrected chi connectivity index (χ4v) is 1.04. The summed E-state index contributed by atoms with van der Waals surface area (Å²) in [5.74, 6) is 1.53. The zero-order chi connectivity index (χ0) is 8.69. The Morgan fingerprint density at radius 3 is 2.73 bits per heavy atom. The van der Waals surface area contributed by atoms with E-state index in [1.165, 1.54) is 0 Å². The molecule has 2 nitrogen and oxygen atoms in total. The Morgan fingerprint density at radius 1 is 1.64 bits per heavy atom. The molecule has 0 rings (SSSR count). The zero-order valence-corrected chi connectivity index (χ0v) is 8.14. The van der Waals surface area contributed by atoms with E-state index < -0.39 is 0 Å². The van der Waals surface area contributed by atoms with Gasteiger partial charge in [0.25, 0.3) is 0 Å². The van der Waals surface area contributed by atoms with Gasteiger partial charge in [0, 0.05) is 19.5 Å². The van der Waals surface area contributed by atoms with Crippen molar-refractivity contribution in [1.29, 1.82) is 5.26 Å². The summed E-state index contributed by atoms with van der Waals surface area (Å²) in [5, 5.41) is 8.31. The van der Waals surface area contributed by atoms with Crippen LogP contribution in [0.15, 0.2) is 0 Å². The van der Waals surface area contributed by atoms with E-state index in [-0.39, 0.29) is 0 Å². The number of hydrogen-bond acceptors (Lipinski definition) is 3. The zero-order valence-electron chi connectivity index (χ0n) is 7.25. The van der Waals surface area contributed by atoms with Gasteiger partial charge < -0.3 is 4.90 Å². The summed E-state index contributed by atoms with van der Waals surface area (Å²) >= 11 is 4.19. The van der Waals surface area contributed by atoms with E-state index in [1.807, 2.05) is 7.05 Å². The molecular formula is C8H16N2S. The van der Waals surface area contributed by atoms with Crippen molar-refractivity contribution >= 4 is 12.6 Å². The van der Waals surface area contributed by atoms with E-state index in [4.69, 9.17) is 5.26 Å². The molecule has 3 heteroatoms. The third-order valence-corrected chi connectivity index (χ3v) is 2.16. The first-order valence-electron chi connectivity index (χ1n) is 3.87. The summed E-state index contributed by atoms with van der Waals surface area (Å²) in [6, 6.07) is 2.13. The van der Waals surface area contributed by atoms with Crippen LogP contribution in [0.3, 0.4) is 0 Å². The SMILES string of the molecule is CC(CS)CN(C)CCC#N. The van der Waals surface area contributed by atoms with Crippen molar-refractivity contribution < 1.29 is 0 Å². The summed E-state index contributed by atoms with van der Waals surface area (Å²) in [6.07, 6.45) is 0.621. The molecule has 0 amide bonds. The van der Waals surface area contributed by atoms with Gasteiger partial charge in [-0.3, -0.25) is 0 Å². The lowest BCUT2D eigenvalue weighted by atomic mass is 10.2. The third-order valence-electron chi connectivity index (χ3n) is 1.54. The molecule has 0 aliphatic heterocycles. The molecule has 0 radical (unpaired) electrons. The highest BCUT2D eigenvalue weighted by molar-refractivity contribution is 7.80. The molecule has 64 valence electrons. The van der Waals surface area contributed by atoms with Crippen molar-refractivity contribution in [2.45, 2.75) is 13.3 Å². The van der Waals surface area contributed by atoms with Gasteiger partial charge in [0.05, 0.1) is 6.07 Å². The number of nitriles is 1. The van der Waals surface area contributed by atoms with E-state index in [0.717, 1.165) is 18.8 Å². The van der Waals surface area contributed by atoms with Crippen molar-refractivity contribution in [3.8, 4) is 6.07 Å². The molecule has 0 aliphatic carbocycles. The summed E-state index contributed by atoms with van der Waals surface area (Å²) in [7, 11) is 2.04. The van der Waals surface area contributed by atoms with Crippen LogP contribution >= 0.6 is 12.6 Å². The molecule has 1 atom stereocenters. The van der Waals surface area contributed by atoms with Gasteiger partial charge in [-0.15, -0.1) is 0 Å². The fourth-order valence-electron chi connectivity index (χ4n) is 0.922. The van der Waals surface area contributed by atoms with Gasteiger partial charge in [-0.25, -0.2) is 0 Å². The van der Waals surface area contributed by atoms with Gasteiger partial charge in [0.1, 0.15) is 0 Å². The molecule has 0 saturated heterocycles. The molecule has 0 spiro atoms. The van der Waals surface area contributed by atoms with Crippen LogP contribution < -0.4 is 0 Å². The first-order valence-corrected chi connectivity index (χ1v) is 4.50. The van der Waals surface area contributed by atoms with Crippen LogP contribution in [0.5, 0.6) is 0 Å². The summed E-state index contributed by atoms with van der Waals surface area (Å²) in [5.41, 5.74) is 0. The Bertz CT molecular complexity index is 131. The van der Waals surface area contributed by atoms with Gasteiger partial charge in [0.2, 0.25) is 0 Å². The lowest BCUT2D eigenvalue weighted by Crippen LogP contribution is -2.25. The fraction of sp³-hybridized carbons (Fsp3) is 0.875. The first kappa shape index (κ1) is 10.8. The van der Waals surface area contributed by atoms with E-state index in [0.29, 0.717) is 12.3 Å². The Hall–Kier alpha value is -0.200. The molecule has 1 unspecified atom stereocenters. The molecule has 0 aromatic carbocycles. The van der Waals surface area contributed by atoms with Crippen LogP contribution in [0, 0.1) is 17.2 Å². The quantitative estimate of drug-likeness (QED) is 0.635. The second-order valence-corrected chi connectivity index (χ2v) is 3.32. The molecule has 0 bridgehead atoms. The predicted octanol–water partition coefficient (Wildman–Crippen LogP) is 1.40. The van der Waals surface area contributed by atoms with Gasteiger partial charge in [-0.1, -0.05) is 6.92 Å². The minimum atomic E-state index is 0.613. The van der Waals surface area contributed by atoms with Crippen LogP contribution in [0.4, 0.5) is 0 Å². The maximum Gasteiger partial charge on any atom is 0.0635 e. The highest BCUT2D eigenvalue weighted by atomic mass is 32.1. The molecular weight excluding hydrogens is 156 g/mol. The minimum absolute atomic E-state index is 0.613. The van der Waals surface area contributed by atoms with Gasteiger partial charge >= 0.3 is 0 Å². The second-order valence-electron chi connectivity index (χ2n) is 2.96. The van der Waals surface area contributed by atoms with Crippen molar-refractivity contribution in [3.05, 3.63) is 0 Å². The molecule has 0 aromatic rings. The molecule has 11 heavy (non-hydrogen) atoms. The maximum absolute atomic E-state index is 8.31. The smallest absolute Gasteiger partial charge is 0.0635 e. The normalized spacial score (nSPS) is 13.0. The molecule has 0 saturated carbocycles. The lowest BCUT2D eigenvalue weighted by molar-refractivity contribution is 0.304. The standard InChI is InChI=1S/C8H16N2S/c1-8(7-11)6-10(2)5-3-4-9/h8,11H,3,5-7H2,1-2H3. The number of nitrogens with zero attached hydrogens (tertiary/aromatic N) is 2. The van der Waals surface area contributed by atoms with Crippen LogP contribution in [-0.2, 0) is 0 Å². The Balaban J connectivity index is 3.37. The average Bonchev–Trinajstić information content (AvgIpc) is 2.00. The minimum Gasteiger partial charge on any atom is -0.305 e. The summed E-state index contributed by atoms with van der Waals surface area (Å²) in [6.45, 7) is 4.07. The Labute approximate surface area is 74.6 Å². The summed E-state index contributed by atoms with van der Waals surface area (Å²) in [4.78, 5) is 2.17. The van der Waals surface area contributed by atoms with Gasteiger partial charge in [0.15, 0.2) is 0 Å². The predicted molar refractivity (Wildman–Crippen MR) is 50.7 cm³/mol. The third kappa shape index (κ3) is 6.21. The lowest BCUT2D eigenvalue weighted by Gasteiger charge is -2.18. The highest BCUT2D eigenvalue weighted by Crippen LogP contribution is 2.00. The number of rotatable bonds is 5. The van der Waals surface area contributed by atoms with E-state index >= 15 is 0 Å². The average molecular weight is 172 g/mol. The van der Waals surface area contributed by atoms with E-state index in [9.17, 15) is 0 Å². The maximum atomic E-state index is 8.31. The van der Waals surface area contributed by atoms with E-state index in [2.05, 4.69) is 30.5 Å². The molecule has 0 aliphatic rings. The number of thiol groups is 1. The Kier molecular flexibility index (Phi) is 6.39. The Morgan fingerprint density at radius 2 is 2.27 bits per heavy atom. The second kappa shape index (κ2) is 6.51. The number of hydrogen-bond donors (Lipinski definition) is 1. The van der Waals surface area contributed by atoms with Crippen LogP contribution in [0.2, 0.25) is 0 Å². The van der Waals surface area contributed by atoms with Crippen molar-refractivity contribution in [3.63, 3.8) is 0 Å². The van der Waals surface area contributed by atoms with Gasteiger partial charge in [-0.05, 0) is 18.7 Å². The van der Waals surface area contributed by atoms with E-state index in [1.54, 1.807) is 0 Å². The highest BCUT2D eigenvalue weighted by Gasteiger charge is 2.03. The van der Waals surface area contributed by atoms with Crippen molar-refractivity contribution in [2.24, 2.45) is 5.92 Å².